The molecular weight excluding hydrogens is 464 g/mol. The van der Waals surface area contributed by atoms with Gasteiger partial charge in [0.05, 0.1) is 4.90 Å². The van der Waals surface area contributed by atoms with E-state index in [1.54, 1.807) is 37.3 Å². The van der Waals surface area contributed by atoms with Crippen LogP contribution in [-0.4, -0.2) is 26.0 Å². The Morgan fingerprint density at radius 1 is 1.09 bits per heavy atom. The zero-order valence-corrected chi connectivity index (χ0v) is 19.8. The number of fused-ring (bicyclic) bond motifs is 1. The van der Waals surface area contributed by atoms with Crippen molar-refractivity contribution in [3.05, 3.63) is 58.1 Å². The summed E-state index contributed by atoms with van der Waals surface area (Å²) in [5.74, 6) is -0.557. The zero-order valence-electron chi connectivity index (χ0n) is 18.2. The fourth-order valence-electron chi connectivity index (χ4n) is 4.58. The summed E-state index contributed by atoms with van der Waals surface area (Å²) in [7, 11) is -3.86. The molecule has 2 atom stereocenters. The van der Waals surface area contributed by atoms with E-state index in [4.69, 9.17) is 11.6 Å². The van der Waals surface area contributed by atoms with Crippen molar-refractivity contribution in [2.24, 2.45) is 11.8 Å². The maximum atomic E-state index is 12.9. The molecular formula is C24H25ClN2O5S. The number of carbonyl (C=O) groups excluding carboxylic acids is 3. The van der Waals surface area contributed by atoms with Crippen molar-refractivity contribution in [3.8, 4) is 0 Å². The summed E-state index contributed by atoms with van der Waals surface area (Å²) in [4.78, 5) is 36.2. The molecule has 2 unspecified atom stereocenters. The number of ketones is 1. The second-order valence-electron chi connectivity index (χ2n) is 8.76. The number of sulfonamides is 1. The number of nitrogens with one attached hydrogen (secondary N) is 2. The number of imide groups is 1. The molecule has 4 rings (SSSR count). The van der Waals surface area contributed by atoms with Gasteiger partial charge in [-0.3, -0.25) is 24.4 Å². The lowest BCUT2D eigenvalue weighted by Gasteiger charge is -2.27. The van der Waals surface area contributed by atoms with Gasteiger partial charge in [-0.1, -0.05) is 23.7 Å². The first-order valence-electron chi connectivity index (χ1n) is 10.9. The van der Waals surface area contributed by atoms with Gasteiger partial charge in [-0.05, 0) is 73.9 Å². The Bertz CT molecular complexity index is 1240. The summed E-state index contributed by atoms with van der Waals surface area (Å²) in [6.07, 6.45) is 3.32. The summed E-state index contributed by atoms with van der Waals surface area (Å²) >= 11 is 6.07. The molecule has 1 fully saturated rings. The smallest absolute Gasteiger partial charge is 0.262 e. The third kappa shape index (κ3) is 5.12. The molecule has 2 amide bonds. The van der Waals surface area contributed by atoms with Crippen LogP contribution >= 0.6 is 11.6 Å². The minimum atomic E-state index is -3.86. The zero-order chi connectivity index (χ0) is 23.8. The molecule has 1 aliphatic heterocycles. The standard InChI is InChI=1S/C24H25ClN2O5S/c1-14-20(25)3-2-4-22(14)33(31,32)27-18-9-7-17-11-15(12-21(28)19(17)13-18)5-6-16-8-10-23(29)26-24(16)30/h2-4,7,9,13,15-16,27H,5-6,8,10-12H2,1H3,(H,26,29,30). The first-order chi connectivity index (χ1) is 15.6. The van der Waals surface area contributed by atoms with E-state index in [1.165, 1.54) is 6.07 Å². The van der Waals surface area contributed by atoms with Crippen molar-refractivity contribution in [3.63, 3.8) is 0 Å². The highest BCUT2D eigenvalue weighted by molar-refractivity contribution is 7.92. The molecule has 2 aliphatic rings. The number of piperidine rings is 1. The van der Waals surface area contributed by atoms with Crippen LogP contribution in [0.25, 0.3) is 0 Å². The first kappa shape index (κ1) is 23.4. The molecule has 0 bridgehead atoms. The number of hydrogen-bond donors (Lipinski definition) is 2. The van der Waals surface area contributed by atoms with E-state index in [0.717, 1.165) is 12.0 Å². The van der Waals surface area contributed by atoms with E-state index < -0.39 is 10.0 Å². The van der Waals surface area contributed by atoms with Crippen LogP contribution in [0.5, 0.6) is 0 Å². The minimum absolute atomic E-state index is 0.0375. The maximum absolute atomic E-state index is 12.9. The Kier molecular flexibility index (Phi) is 6.59. The number of Topliss-reactive ketones (excluding diaryl/α,β-unsaturated/α-hetero) is 1. The third-order valence-electron chi connectivity index (χ3n) is 6.43. The molecule has 0 radical (unpaired) electrons. The molecule has 174 valence electrons. The van der Waals surface area contributed by atoms with Crippen LogP contribution in [0.1, 0.15) is 53.6 Å². The molecule has 9 heteroatoms. The van der Waals surface area contributed by atoms with Crippen molar-refractivity contribution in [2.45, 2.75) is 50.3 Å². The van der Waals surface area contributed by atoms with Crippen LogP contribution in [0.3, 0.4) is 0 Å². The highest BCUT2D eigenvalue weighted by Crippen LogP contribution is 2.33. The molecule has 2 N–H and O–H groups in total. The average molecular weight is 489 g/mol. The number of anilines is 1. The largest absolute Gasteiger partial charge is 0.296 e. The SMILES string of the molecule is Cc1c(Cl)cccc1S(=O)(=O)Nc1ccc2c(c1)C(=O)CC(CCC1CCC(=O)NC1=O)C2. The van der Waals surface area contributed by atoms with Gasteiger partial charge >= 0.3 is 0 Å². The normalized spacial score (nSPS) is 20.8. The van der Waals surface area contributed by atoms with Gasteiger partial charge < -0.3 is 0 Å². The third-order valence-corrected chi connectivity index (χ3v) is 8.36. The van der Waals surface area contributed by atoms with Crippen molar-refractivity contribution in [1.29, 1.82) is 0 Å². The average Bonchev–Trinajstić information content (AvgIpc) is 2.75. The van der Waals surface area contributed by atoms with Crippen molar-refractivity contribution >= 4 is 44.9 Å². The molecule has 0 saturated carbocycles. The summed E-state index contributed by atoms with van der Waals surface area (Å²) in [6, 6.07) is 9.73. The van der Waals surface area contributed by atoms with Gasteiger partial charge in [-0.2, -0.15) is 0 Å². The monoisotopic (exact) mass is 488 g/mol. The van der Waals surface area contributed by atoms with E-state index in [1.807, 2.05) is 0 Å². The Morgan fingerprint density at radius 2 is 1.88 bits per heavy atom. The Labute approximate surface area is 198 Å². The molecule has 1 heterocycles. The minimum Gasteiger partial charge on any atom is -0.296 e. The molecule has 2 aromatic carbocycles. The maximum Gasteiger partial charge on any atom is 0.262 e. The van der Waals surface area contributed by atoms with E-state index in [9.17, 15) is 22.8 Å². The number of hydrogen-bond acceptors (Lipinski definition) is 5. The lowest BCUT2D eigenvalue weighted by atomic mass is 9.79. The lowest BCUT2D eigenvalue weighted by molar-refractivity contribution is -0.136. The Hall–Kier alpha value is -2.71. The lowest BCUT2D eigenvalue weighted by Crippen LogP contribution is -2.40. The molecule has 0 spiro atoms. The van der Waals surface area contributed by atoms with Gasteiger partial charge in [0.2, 0.25) is 11.8 Å². The van der Waals surface area contributed by atoms with Crippen molar-refractivity contribution in [1.82, 2.24) is 5.32 Å². The highest BCUT2D eigenvalue weighted by atomic mass is 35.5. The molecule has 1 saturated heterocycles. The van der Waals surface area contributed by atoms with Gasteiger partial charge in [0.25, 0.3) is 10.0 Å². The van der Waals surface area contributed by atoms with Crippen LogP contribution in [0.4, 0.5) is 5.69 Å². The Morgan fingerprint density at radius 3 is 2.64 bits per heavy atom. The van der Waals surface area contributed by atoms with Crippen molar-refractivity contribution in [2.75, 3.05) is 4.72 Å². The fraction of sp³-hybridized carbons (Fsp3) is 0.375. The van der Waals surface area contributed by atoms with Crippen LogP contribution in [0, 0.1) is 18.8 Å². The topological polar surface area (TPSA) is 109 Å². The molecule has 33 heavy (non-hydrogen) atoms. The summed E-state index contributed by atoms with van der Waals surface area (Å²) in [5, 5.41) is 2.74. The van der Waals surface area contributed by atoms with Gasteiger partial charge in [0.1, 0.15) is 0 Å². The van der Waals surface area contributed by atoms with Gasteiger partial charge in [-0.25, -0.2) is 8.42 Å². The van der Waals surface area contributed by atoms with Gasteiger partial charge in [0, 0.05) is 35.0 Å². The summed E-state index contributed by atoms with van der Waals surface area (Å²) < 4.78 is 28.3. The quantitative estimate of drug-likeness (QED) is 0.596. The second-order valence-corrected chi connectivity index (χ2v) is 10.8. The van der Waals surface area contributed by atoms with E-state index >= 15 is 0 Å². The van der Waals surface area contributed by atoms with Crippen LogP contribution < -0.4 is 10.0 Å². The van der Waals surface area contributed by atoms with E-state index in [2.05, 4.69) is 10.0 Å². The van der Waals surface area contributed by atoms with Crippen LogP contribution in [-0.2, 0) is 26.0 Å². The molecule has 0 aromatic heterocycles. The van der Waals surface area contributed by atoms with Crippen LogP contribution in [0.2, 0.25) is 5.02 Å². The first-order valence-corrected chi connectivity index (χ1v) is 12.8. The fourth-order valence-corrected chi connectivity index (χ4v) is 6.13. The molecule has 7 nitrogen and oxygen atoms in total. The van der Waals surface area contributed by atoms with Gasteiger partial charge in [-0.15, -0.1) is 0 Å². The number of carbonyl (C=O) groups is 3. The number of rotatable bonds is 6. The summed E-state index contributed by atoms with van der Waals surface area (Å²) in [6.45, 7) is 1.64. The Balaban J connectivity index is 1.44. The molecule has 1 aliphatic carbocycles. The summed E-state index contributed by atoms with van der Waals surface area (Å²) in [5.41, 5.74) is 2.18. The highest BCUT2D eigenvalue weighted by Gasteiger charge is 2.30. The molecule has 2 aromatic rings. The predicted molar refractivity (Wildman–Crippen MR) is 125 cm³/mol. The van der Waals surface area contributed by atoms with E-state index in [-0.39, 0.29) is 34.3 Å². The second kappa shape index (κ2) is 9.27. The number of halogens is 1. The number of benzene rings is 2. The number of amides is 2. The predicted octanol–water partition coefficient (Wildman–Crippen LogP) is 4.03. The van der Waals surface area contributed by atoms with E-state index in [0.29, 0.717) is 53.9 Å². The van der Waals surface area contributed by atoms with Crippen molar-refractivity contribution < 1.29 is 22.8 Å². The van der Waals surface area contributed by atoms with Crippen LogP contribution in [0.15, 0.2) is 41.3 Å². The van der Waals surface area contributed by atoms with Gasteiger partial charge in [0.15, 0.2) is 5.78 Å².